The molecule has 2 aromatic carbocycles. The van der Waals surface area contributed by atoms with Crippen molar-refractivity contribution in [3.05, 3.63) is 54.2 Å². The van der Waals surface area contributed by atoms with E-state index in [2.05, 4.69) is 10.2 Å². The average molecular weight is 312 g/mol. The van der Waals surface area contributed by atoms with Gasteiger partial charge in [0.25, 0.3) is 0 Å². The minimum absolute atomic E-state index is 0.0617. The molecular weight excluding hydrogens is 295 g/mol. The van der Waals surface area contributed by atoms with Gasteiger partial charge in [-0.3, -0.25) is 0 Å². The van der Waals surface area contributed by atoms with E-state index >= 15 is 0 Å². The lowest BCUT2D eigenvalue weighted by molar-refractivity contribution is 0.242. The van der Waals surface area contributed by atoms with Crippen molar-refractivity contribution in [1.29, 1.82) is 0 Å². The van der Waals surface area contributed by atoms with Crippen LogP contribution in [0.5, 0.6) is 5.75 Å². The highest BCUT2D eigenvalue weighted by atomic mass is 19.1. The fourth-order valence-corrected chi connectivity index (χ4v) is 2.41. The van der Waals surface area contributed by atoms with Gasteiger partial charge in [-0.25, -0.2) is 4.39 Å². The summed E-state index contributed by atoms with van der Waals surface area (Å²) in [5, 5.41) is 7.89. The zero-order valence-corrected chi connectivity index (χ0v) is 13.2. The zero-order valence-electron chi connectivity index (χ0n) is 13.2. The molecular formula is C18H17FN2O2. The molecule has 1 heterocycles. The van der Waals surface area contributed by atoms with Crippen molar-refractivity contribution in [1.82, 2.24) is 10.2 Å². The number of aryl methyl sites for hydroxylation is 1. The van der Waals surface area contributed by atoms with Gasteiger partial charge in [-0.05, 0) is 32.0 Å². The molecule has 0 saturated carbocycles. The molecule has 0 aliphatic rings. The van der Waals surface area contributed by atoms with Gasteiger partial charge in [0.05, 0.1) is 11.7 Å². The summed E-state index contributed by atoms with van der Waals surface area (Å²) in [5.41, 5.74) is 1.73. The van der Waals surface area contributed by atoms with Crippen LogP contribution in [0.15, 0.2) is 46.9 Å². The molecule has 0 atom stereocenters. The number of aromatic nitrogens is 2. The van der Waals surface area contributed by atoms with Gasteiger partial charge >= 0.3 is 0 Å². The van der Waals surface area contributed by atoms with Crippen LogP contribution >= 0.6 is 0 Å². The molecule has 0 spiro atoms. The third-order valence-corrected chi connectivity index (χ3v) is 3.29. The van der Waals surface area contributed by atoms with E-state index in [1.807, 2.05) is 38.1 Å². The van der Waals surface area contributed by atoms with E-state index < -0.39 is 0 Å². The molecule has 118 valence electrons. The van der Waals surface area contributed by atoms with Crippen LogP contribution in [0.3, 0.4) is 0 Å². The quantitative estimate of drug-likeness (QED) is 0.704. The Labute approximate surface area is 133 Å². The van der Waals surface area contributed by atoms with Gasteiger partial charge in [0, 0.05) is 18.1 Å². The highest BCUT2D eigenvalue weighted by Crippen LogP contribution is 2.38. The third-order valence-electron chi connectivity index (χ3n) is 3.29. The maximum absolute atomic E-state index is 14.5. The van der Waals surface area contributed by atoms with Crippen LogP contribution in [0.4, 0.5) is 4.39 Å². The van der Waals surface area contributed by atoms with E-state index in [1.165, 1.54) is 6.07 Å². The van der Waals surface area contributed by atoms with E-state index in [9.17, 15) is 4.39 Å². The summed E-state index contributed by atoms with van der Waals surface area (Å²) in [6.07, 6.45) is -0.0617. The van der Waals surface area contributed by atoms with E-state index in [0.29, 0.717) is 34.2 Å². The lowest BCUT2D eigenvalue weighted by Crippen LogP contribution is -2.07. The molecule has 5 heteroatoms. The summed E-state index contributed by atoms with van der Waals surface area (Å²) in [6.45, 7) is 5.53. The van der Waals surface area contributed by atoms with Gasteiger partial charge in [0.1, 0.15) is 11.6 Å². The second-order valence-electron chi connectivity index (χ2n) is 5.45. The first kappa shape index (κ1) is 15.2. The number of nitrogens with zero attached hydrogens (tertiary/aromatic N) is 2. The molecule has 3 rings (SSSR count). The van der Waals surface area contributed by atoms with Crippen molar-refractivity contribution < 1.29 is 13.5 Å². The summed E-state index contributed by atoms with van der Waals surface area (Å²) >= 11 is 0. The van der Waals surface area contributed by atoms with Crippen LogP contribution in [-0.2, 0) is 0 Å². The Hall–Kier alpha value is -2.69. The van der Waals surface area contributed by atoms with E-state index in [-0.39, 0.29) is 11.9 Å². The molecule has 0 bridgehead atoms. The zero-order chi connectivity index (χ0) is 16.4. The topological polar surface area (TPSA) is 48.2 Å². The Bertz CT molecular complexity index is 827. The molecule has 0 fully saturated rings. The van der Waals surface area contributed by atoms with Crippen LogP contribution in [-0.4, -0.2) is 16.3 Å². The first-order valence-electron chi connectivity index (χ1n) is 7.41. The minimum atomic E-state index is -0.355. The predicted octanol–water partition coefficient (Wildman–Crippen LogP) is 4.64. The van der Waals surface area contributed by atoms with E-state index in [0.717, 1.165) is 0 Å². The highest BCUT2D eigenvalue weighted by molar-refractivity contribution is 5.83. The number of rotatable bonds is 4. The number of benzene rings is 2. The first-order chi connectivity index (χ1) is 11.1. The third kappa shape index (κ3) is 3.08. The standard InChI is InChI=1S/C18H17FN2O2/c1-11(2)22-16-10-6-9-15(19)17(16)13-7-4-5-8-14(13)18-21-20-12(3)23-18/h4-11H,1-3H3. The molecule has 0 radical (unpaired) electrons. The van der Waals surface area contributed by atoms with Crippen LogP contribution < -0.4 is 4.74 Å². The van der Waals surface area contributed by atoms with Gasteiger partial charge < -0.3 is 9.15 Å². The number of ether oxygens (including phenoxy) is 1. The Kier molecular flexibility index (Phi) is 4.10. The summed E-state index contributed by atoms with van der Waals surface area (Å²) in [4.78, 5) is 0. The first-order valence-corrected chi connectivity index (χ1v) is 7.41. The number of halogens is 1. The van der Waals surface area contributed by atoms with E-state index in [1.54, 1.807) is 19.1 Å². The summed E-state index contributed by atoms with van der Waals surface area (Å²) in [5.74, 6) is 0.953. The normalized spacial score (nSPS) is 11.0. The van der Waals surface area contributed by atoms with Gasteiger partial charge in [-0.1, -0.05) is 24.3 Å². The van der Waals surface area contributed by atoms with Crippen molar-refractivity contribution in [3.63, 3.8) is 0 Å². The van der Waals surface area contributed by atoms with Crippen molar-refractivity contribution in [2.24, 2.45) is 0 Å². The van der Waals surface area contributed by atoms with Gasteiger partial charge in [-0.2, -0.15) is 0 Å². The second kappa shape index (κ2) is 6.20. The highest BCUT2D eigenvalue weighted by Gasteiger charge is 2.19. The lowest BCUT2D eigenvalue weighted by atomic mass is 9.98. The molecule has 0 unspecified atom stereocenters. The maximum atomic E-state index is 14.5. The van der Waals surface area contributed by atoms with Gasteiger partial charge in [0.2, 0.25) is 11.8 Å². The van der Waals surface area contributed by atoms with Crippen molar-refractivity contribution in [2.75, 3.05) is 0 Å². The lowest BCUT2D eigenvalue weighted by Gasteiger charge is -2.16. The van der Waals surface area contributed by atoms with Crippen LogP contribution in [0.1, 0.15) is 19.7 Å². The van der Waals surface area contributed by atoms with Crippen molar-refractivity contribution in [2.45, 2.75) is 26.9 Å². The fourth-order valence-electron chi connectivity index (χ4n) is 2.41. The summed E-state index contributed by atoms with van der Waals surface area (Å²) in [6, 6.07) is 12.1. The van der Waals surface area contributed by atoms with Gasteiger partial charge in [-0.15, -0.1) is 10.2 Å². The Balaban J connectivity index is 2.20. The van der Waals surface area contributed by atoms with Crippen LogP contribution in [0.2, 0.25) is 0 Å². The Morgan fingerprint density at radius 3 is 2.39 bits per heavy atom. The number of hydrogen-bond acceptors (Lipinski definition) is 4. The maximum Gasteiger partial charge on any atom is 0.248 e. The summed E-state index contributed by atoms with van der Waals surface area (Å²) in [7, 11) is 0. The second-order valence-corrected chi connectivity index (χ2v) is 5.45. The molecule has 3 aromatic rings. The average Bonchev–Trinajstić information content (AvgIpc) is 2.93. The minimum Gasteiger partial charge on any atom is -0.490 e. The molecule has 0 aliphatic heterocycles. The number of hydrogen-bond donors (Lipinski definition) is 0. The van der Waals surface area contributed by atoms with Crippen molar-refractivity contribution >= 4 is 0 Å². The van der Waals surface area contributed by atoms with Crippen molar-refractivity contribution in [3.8, 4) is 28.3 Å². The largest absolute Gasteiger partial charge is 0.490 e. The smallest absolute Gasteiger partial charge is 0.248 e. The molecule has 4 nitrogen and oxygen atoms in total. The molecule has 23 heavy (non-hydrogen) atoms. The van der Waals surface area contributed by atoms with Crippen LogP contribution in [0.25, 0.3) is 22.6 Å². The Morgan fingerprint density at radius 2 is 1.74 bits per heavy atom. The molecule has 0 aliphatic carbocycles. The van der Waals surface area contributed by atoms with E-state index in [4.69, 9.17) is 9.15 Å². The SMILES string of the molecule is Cc1nnc(-c2ccccc2-c2c(F)cccc2OC(C)C)o1. The molecule has 0 N–H and O–H groups in total. The Morgan fingerprint density at radius 1 is 1.00 bits per heavy atom. The molecule has 1 aromatic heterocycles. The fraction of sp³-hybridized carbons (Fsp3) is 0.222. The molecule has 0 amide bonds. The van der Waals surface area contributed by atoms with Gasteiger partial charge in [0.15, 0.2) is 0 Å². The monoisotopic (exact) mass is 312 g/mol. The van der Waals surface area contributed by atoms with Crippen LogP contribution in [0, 0.1) is 12.7 Å². The predicted molar refractivity (Wildman–Crippen MR) is 85.6 cm³/mol. The summed E-state index contributed by atoms with van der Waals surface area (Å²) < 4.78 is 25.8. The molecule has 0 saturated heterocycles.